The van der Waals surface area contributed by atoms with E-state index in [2.05, 4.69) is 48.7 Å². The zero-order valence-electron chi connectivity index (χ0n) is 9.78. The van der Waals surface area contributed by atoms with Crippen LogP contribution in [0.15, 0.2) is 35.1 Å². The minimum absolute atomic E-state index is 0.613. The molecule has 5 heteroatoms. The number of benzene rings is 1. The second-order valence-corrected chi connectivity index (χ2v) is 5.17. The Morgan fingerprint density at radius 2 is 2.06 bits per heavy atom. The minimum Gasteiger partial charge on any atom is -0.385 e. The fraction of sp³-hybridized carbons (Fsp3) is 0.231. The normalized spacial score (nSPS) is 13.6. The van der Waals surface area contributed by atoms with E-state index < -0.39 is 0 Å². The number of halogens is 1. The van der Waals surface area contributed by atoms with Gasteiger partial charge in [-0.25, -0.2) is 9.97 Å². The van der Waals surface area contributed by atoms with Gasteiger partial charge in [0.15, 0.2) is 0 Å². The molecule has 0 amide bonds. The fourth-order valence-electron chi connectivity index (χ4n) is 2.06. The number of nitrogens with zero attached hydrogens (tertiary/aromatic N) is 2. The van der Waals surface area contributed by atoms with Crippen molar-refractivity contribution in [1.29, 1.82) is 0 Å². The average Bonchev–Trinajstić information content (AvgIpc) is 2.41. The van der Waals surface area contributed by atoms with Crippen molar-refractivity contribution in [3.63, 3.8) is 0 Å². The van der Waals surface area contributed by atoms with Crippen LogP contribution in [0.4, 0.5) is 17.3 Å². The number of aryl methyl sites for hydroxylation is 1. The number of hydrogen-bond donors (Lipinski definition) is 2. The Labute approximate surface area is 114 Å². The average molecular weight is 305 g/mol. The maximum atomic E-state index is 4.20. The van der Waals surface area contributed by atoms with E-state index >= 15 is 0 Å². The summed E-state index contributed by atoms with van der Waals surface area (Å²) in [7, 11) is 0. The molecule has 18 heavy (non-hydrogen) atoms. The first kappa shape index (κ1) is 11.5. The number of hydrogen-bond acceptors (Lipinski definition) is 4. The van der Waals surface area contributed by atoms with E-state index in [1.165, 1.54) is 17.7 Å². The number of rotatable bonds is 2. The summed E-state index contributed by atoms with van der Waals surface area (Å²) in [5, 5.41) is 6.61. The van der Waals surface area contributed by atoms with Crippen LogP contribution in [0.25, 0.3) is 0 Å². The van der Waals surface area contributed by atoms with Gasteiger partial charge < -0.3 is 10.6 Å². The van der Waals surface area contributed by atoms with Gasteiger partial charge >= 0.3 is 0 Å². The summed E-state index contributed by atoms with van der Waals surface area (Å²) in [5.41, 5.74) is 3.62. The lowest BCUT2D eigenvalue weighted by atomic mass is 10.0. The molecular weight excluding hydrogens is 292 g/mol. The molecule has 3 rings (SSSR count). The molecule has 0 fully saturated rings. The van der Waals surface area contributed by atoms with Gasteiger partial charge in [-0.2, -0.15) is 0 Å². The summed E-state index contributed by atoms with van der Waals surface area (Å²) in [6.07, 6.45) is 5.77. The van der Waals surface area contributed by atoms with Crippen molar-refractivity contribution in [2.75, 3.05) is 17.2 Å². The van der Waals surface area contributed by atoms with Crippen LogP contribution in [0, 0.1) is 0 Å². The van der Waals surface area contributed by atoms with Crippen LogP contribution in [-0.4, -0.2) is 16.5 Å². The molecule has 92 valence electrons. The number of anilines is 3. The van der Waals surface area contributed by atoms with E-state index in [1.54, 1.807) is 12.4 Å². The number of aromatic nitrogens is 2. The first-order valence-corrected chi connectivity index (χ1v) is 6.72. The molecule has 2 N–H and O–H groups in total. The molecule has 0 aliphatic carbocycles. The fourth-order valence-corrected chi connectivity index (χ4v) is 2.26. The van der Waals surface area contributed by atoms with Crippen LogP contribution >= 0.6 is 15.9 Å². The van der Waals surface area contributed by atoms with Crippen LogP contribution in [0.5, 0.6) is 0 Å². The molecule has 2 aromatic rings. The molecule has 1 aromatic carbocycles. The highest BCUT2D eigenvalue weighted by molar-refractivity contribution is 9.10. The maximum Gasteiger partial charge on any atom is 0.227 e. The lowest BCUT2D eigenvalue weighted by molar-refractivity contribution is 0.830. The van der Waals surface area contributed by atoms with E-state index in [-0.39, 0.29) is 0 Å². The van der Waals surface area contributed by atoms with Gasteiger partial charge in [-0.05, 0) is 52.5 Å². The van der Waals surface area contributed by atoms with Gasteiger partial charge in [-0.15, -0.1) is 0 Å². The summed E-state index contributed by atoms with van der Waals surface area (Å²) < 4.78 is 0.877. The monoisotopic (exact) mass is 304 g/mol. The Bertz CT molecular complexity index is 553. The van der Waals surface area contributed by atoms with Crippen molar-refractivity contribution >= 4 is 33.3 Å². The van der Waals surface area contributed by atoms with Crippen LogP contribution in [-0.2, 0) is 6.42 Å². The van der Waals surface area contributed by atoms with Crippen LogP contribution in [0.1, 0.15) is 12.0 Å². The molecule has 0 atom stereocenters. The number of nitrogens with one attached hydrogen (secondary N) is 2. The molecule has 0 radical (unpaired) electrons. The van der Waals surface area contributed by atoms with E-state index in [9.17, 15) is 0 Å². The van der Waals surface area contributed by atoms with Crippen molar-refractivity contribution in [2.24, 2.45) is 0 Å². The van der Waals surface area contributed by atoms with Gasteiger partial charge in [0.1, 0.15) is 0 Å². The van der Waals surface area contributed by atoms with Gasteiger partial charge in [0, 0.05) is 30.3 Å². The van der Waals surface area contributed by atoms with Crippen LogP contribution in [0.3, 0.4) is 0 Å². The third kappa shape index (κ3) is 2.46. The van der Waals surface area contributed by atoms with Crippen molar-refractivity contribution < 1.29 is 0 Å². The van der Waals surface area contributed by atoms with Crippen molar-refractivity contribution in [2.45, 2.75) is 12.8 Å². The third-order valence-electron chi connectivity index (χ3n) is 2.92. The van der Waals surface area contributed by atoms with E-state index in [0.29, 0.717) is 5.95 Å². The first-order valence-electron chi connectivity index (χ1n) is 5.93. The Hall–Kier alpha value is -1.62. The predicted molar refractivity (Wildman–Crippen MR) is 76.3 cm³/mol. The molecule has 1 aliphatic rings. The topological polar surface area (TPSA) is 49.8 Å². The second-order valence-electron chi connectivity index (χ2n) is 4.25. The Kier molecular flexibility index (Phi) is 3.15. The molecular formula is C13H13BrN4. The zero-order chi connectivity index (χ0) is 12.4. The molecule has 2 heterocycles. The smallest absolute Gasteiger partial charge is 0.227 e. The maximum absolute atomic E-state index is 4.20. The Balaban J connectivity index is 1.82. The van der Waals surface area contributed by atoms with Crippen LogP contribution in [0.2, 0.25) is 0 Å². The summed E-state index contributed by atoms with van der Waals surface area (Å²) >= 11 is 3.32. The third-order valence-corrected chi connectivity index (χ3v) is 3.33. The van der Waals surface area contributed by atoms with Gasteiger partial charge in [0.05, 0.1) is 4.47 Å². The Morgan fingerprint density at radius 1 is 1.22 bits per heavy atom. The summed E-state index contributed by atoms with van der Waals surface area (Å²) in [6, 6.07) is 6.31. The molecule has 0 saturated carbocycles. The standard InChI is InChI=1S/C13H13BrN4/c14-10-7-16-13(17-8-10)18-11-3-4-12-9(6-11)2-1-5-15-12/h3-4,6-8,15H,1-2,5H2,(H,16,17,18). The van der Waals surface area contributed by atoms with Crippen LogP contribution < -0.4 is 10.6 Å². The summed E-state index contributed by atoms with van der Waals surface area (Å²) in [5.74, 6) is 0.613. The van der Waals surface area contributed by atoms with Gasteiger partial charge in [-0.1, -0.05) is 0 Å². The predicted octanol–water partition coefficient (Wildman–Crippen LogP) is 3.34. The molecule has 1 aliphatic heterocycles. The van der Waals surface area contributed by atoms with Gasteiger partial charge in [-0.3, -0.25) is 0 Å². The zero-order valence-corrected chi connectivity index (χ0v) is 11.4. The first-order chi connectivity index (χ1) is 8.81. The SMILES string of the molecule is Brc1cnc(Nc2ccc3c(c2)CCCN3)nc1. The molecule has 0 saturated heterocycles. The number of fused-ring (bicyclic) bond motifs is 1. The molecule has 1 aromatic heterocycles. The van der Waals surface area contributed by atoms with E-state index in [1.807, 2.05) is 6.07 Å². The largest absolute Gasteiger partial charge is 0.385 e. The van der Waals surface area contributed by atoms with Crippen molar-refractivity contribution in [3.8, 4) is 0 Å². The summed E-state index contributed by atoms with van der Waals surface area (Å²) in [4.78, 5) is 8.40. The molecule has 0 spiro atoms. The highest BCUT2D eigenvalue weighted by Gasteiger charge is 2.09. The van der Waals surface area contributed by atoms with Gasteiger partial charge in [0.2, 0.25) is 5.95 Å². The lowest BCUT2D eigenvalue weighted by Gasteiger charge is -2.18. The second kappa shape index (κ2) is 4.94. The van der Waals surface area contributed by atoms with Crippen molar-refractivity contribution in [1.82, 2.24) is 9.97 Å². The van der Waals surface area contributed by atoms with Crippen molar-refractivity contribution in [3.05, 3.63) is 40.6 Å². The molecule has 0 bridgehead atoms. The van der Waals surface area contributed by atoms with Gasteiger partial charge in [0.25, 0.3) is 0 Å². The van der Waals surface area contributed by atoms with E-state index in [0.717, 1.165) is 23.1 Å². The summed E-state index contributed by atoms with van der Waals surface area (Å²) in [6.45, 7) is 1.07. The lowest BCUT2D eigenvalue weighted by Crippen LogP contribution is -2.11. The highest BCUT2D eigenvalue weighted by Crippen LogP contribution is 2.26. The molecule has 0 unspecified atom stereocenters. The highest BCUT2D eigenvalue weighted by atomic mass is 79.9. The minimum atomic E-state index is 0.613. The van der Waals surface area contributed by atoms with E-state index in [4.69, 9.17) is 0 Å². The molecule has 4 nitrogen and oxygen atoms in total. The quantitative estimate of drug-likeness (QED) is 0.893. The Morgan fingerprint density at radius 3 is 2.89 bits per heavy atom.